The van der Waals surface area contributed by atoms with Gasteiger partial charge in [0.15, 0.2) is 0 Å². The van der Waals surface area contributed by atoms with Crippen LogP contribution < -0.4 is 0 Å². The Balaban J connectivity index is 4.57. The summed E-state index contributed by atoms with van der Waals surface area (Å²) in [7, 11) is 0.729. The van der Waals surface area contributed by atoms with Gasteiger partial charge in [-0.1, -0.05) is 238 Å². The van der Waals surface area contributed by atoms with Crippen LogP contribution in [-0.2, 0) is 4.74 Å². The van der Waals surface area contributed by atoms with Crippen molar-refractivity contribution < 1.29 is 4.74 Å². The topological polar surface area (TPSA) is 9.23 Å². The van der Waals surface area contributed by atoms with Crippen LogP contribution in [0.2, 0.25) is 24.2 Å². The lowest BCUT2D eigenvalue weighted by atomic mass is 10.1. The molecule has 0 rings (SSSR count). The Morgan fingerprint density at radius 2 is 0.500 bits per heavy atom. The van der Waals surface area contributed by atoms with Crippen LogP contribution in [0.15, 0.2) is 0 Å². The minimum absolute atomic E-state index is 0.989. The molecule has 1 nitrogen and oxygen atoms in total. The van der Waals surface area contributed by atoms with Gasteiger partial charge in [0.1, 0.15) is 0 Å². The van der Waals surface area contributed by atoms with E-state index in [0.717, 1.165) is 6.61 Å². The van der Waals surface area contributed by atoms with Gasteiger partial charge in [-0.15, -0.1) is 0 Å². The minimum atomic E-state index is -1.18. The van der Waals surface area contributed by atoms with Gasteiger partial charge < -0.3 is 4.74 Å². The van der Waals surface area contributed by atoms with E-state index in [9.17, 15) is 0 Å². The fraction of sp³-hybridized carbons (Fsp3) is 1.00. The smallest absolute Gasteiger partial charge is 0.0536 e. The van der Waals surface area contributed by atoms with Crippen LogP contribution in [0.25, 0.3) is 0 Å². The molecule has 0 aromatic rings. The summed E-state index contributed by atoms with van der Waals surface area (Å²) in [6.07, 6.45) is 45.5. The zero-order valence-electron chi connectivity index (χ0n) is 30.4. The van der Waals surface area contributed by atoms with Crippen LogP contribution in [0, 0.1) is 0 Å². The molecule has 0 saturated heterocycles. The monoisotopic (exact) mass is 609 g/mol. The Morgan fingerprint density at radius 1 is 0.286 bits per heavy atom. The largest absolute Gasteiger partial charge is 0.385 e. The maximum atomic E-state index is 5.57. The summed E-state index contributed by atoms with van der Waals surface area (Å²) in [5, 5.41) is 0. The van der Waals surface area contributed by atoms with Crippen molar-refractivity contribution in [3.05, 3.63) is 0 Å². The Bertz CT molecular complexity index is 418. The van der Waals surface area contributed by atoms with Crippen LogP contribution in [0.5, 0.6) is 0 Å². The van der Waals surface area contributed by atoms with Crippen molar-refractivity contribution >= 4 is 8.07 Å². The van der Waals surface area contributed by atoms with Crippen LogP contribution in [0.4, 0.5) is 0 Å². The second-order valence-electron chi connectivity index (χ2n) is 14.4. The van der Waals surface area contributed by atoms with Crippen LogP contribution in [-0.4, -0.2) is 21.8 Å². The molecule has 0 aliphatic carbocycles. The molecule has 0 N–H and O–H groups in total. The molecule has 0 aliphatic rings. The first-order valence-electron chi connectivity index (χ1n) is 20.2. The average molecular weight is 609 g/mol. The second kappa shape index (κ2) is 35.7. The molecule has 0 aromatic carbocycles. The van der Waals surface area contributed by atoms with Gasteiger partial charge in [-0.05, 0) is 6.42 Å². The van der Waals surface area contributed by atoms with E-state index in [1.807, 2.05) is 7.11 Å². The zero-order chi connectivity index (χ0) is 30.7. The van der Waals surface area contributed by atoms with Crippen molar-refractivity contribution in [2.24, 2.45) is 0 Å². The fourth-order valence-corrected chi connectivity index (χ4v) is 12.7. The molecule has 0 fully saturated rings. The SMILES string of the molecule is CCCCCCCCCCCC[Si](CCCCCCCCCCCC)(CCCCCCCCCCCC)CCCOC. The van der Waals surface area contributed by atoms with Crippen LogP contribution in [0.1, 0.15) is 220 Å². The Kier molecular flexibility index (Phi) is 35.8. The van der Waals surface area contributed by atoms with Crippen molar-refractivity contribution in [3.63, 3.8) is 0 Å². The summed E-state index contributed by atoms with van der Waals surface area (Å²) in [5.74, 6) is 0. The zero-order valence-corrected chi connectivity index (χ0v) is 31.4. The van der Waals surface area contributed by atoms with E-state index < -0.39 is 8.07 Å². The average Bonchev–Trinajstić information content (AvgIpc) is 3.00. The van der Waals surface area contributed by atoms with Gasteiger partial charge in [0.05, 0.1) is 8.07 Å². The Labute approximate surface area is 269 Å². The molecule has 0 unspecified atom stereocenters. The normalized spacial score (nSPS) is 12.0. The fourth-order valence-electron chi connectivity index (χ4n) is 7.30. The molecule has 254 valence electrons. The number of ether oxygens (including phenoxy) is 1. The summed E-state index contributed by atoms with van der Waals surface area (Å²) >= 11 is 0. The van der Waals surface area contributed by atoms with E-state index in [1.54, 1.807) is 24.2 Å². The maximum Gasteiger partial charge on any atom is 0.0536 e. The third-order valence-corrected chi connectivity index (χ3v) is 15.9. The number of hydrogen-bond acceptors (Lipinski definition) is 1. The Hall–Kier alpha value is 0.177. The molecule has 2 heteroatoms. The number of rotatable bonds is 37. The van der Waals surface area contributed by atoms with E-state index in [-0.39, 0.29) is 0 Å². The summed E-state index contributed by atoms with van der Waals surface area (Å²) in [6.45, 7) is 7.96. The number of unbranched alkanes of at least 4 members (excludes halogenated alkanes) is 27. The second-order valence-corrected chi connectivity index (χ2v) is 19.4. The lowest BCUT2D eigenvalue weighted by molar-refractivity contribution is 0.198. The molecule has 0 aliphatic heterocycles. The summed E-state index contributed by atoms with van der Waals surface area (Å²) in [4.78, 5) is 0. The Morgan fingerprint density at radius 3 is 0.738 bits per heavy atom. The first-order chi connectivity index (χ1) is 20.7. The van der Waals surface area contributed by atoms with Crippen LogP contribution in [0.3, 0.4) is 0 Å². The molecule has 0 aromatic heterocycles. The molecule has 42 heavy (non-hydrogen) atoms. The molecule has 0 radical (unpaired) electrons. The van der Waals surface area contributed by atoms with E-state index in [2.05, 4.69) is 20.8 Å². The molecule has 0 heterocycles. The standard InChI is InChI=1S/C40H84OSi/c1-5-8-11-14-17-20-23-26-29-32-37-42(40-35-36-41-4,38-33-30-27-24-21-18-15-12-9-6-2)39-34-31-28-25-22-19-16-13-10-7-3/h5-40H2,1-4H3. The van der Waals surface area contributed by atoms with Gasteiger partial charge >= 0.3 is 0 Å². The van der Waals surface area contributed by atoms with E-state index in [1.165, 1.54) is 199 Å². The summed E-state index contributed by atoms with van der Waals surface area (Å²) in [5.41, 5.74) is 0. The molecule has 0 amide bonds. The highest BCUT2D eigenvalue weighted by molar-refractivity contribution is 6.79. The van der Waals surface area contributed by atoms with Gasteiger partial charge in [0, 0.05) is 13.7 Å². The van der Waals surface area contributed by atoms with Gasteiger partial charge in [0.2, 0.25) is 0 Å². The lowest BCUT2D eigenvalue weighted by Gasteiger charge is -2.33. The number of methoxy groups -OCH3 is 1. The van der Waals surface area contributed by atoms with E-state index in [4.69, 9.17) is 4.74 Å². The van der Waals surface area contributed by atoms with Gasteiger partial charge in [-0.2, -0.15) is 0 Å². The van der Waals surface area contributed by atoms with Crippen molar-refractivity contribution in [2.45, 2.75) is 244 Å². The quantitative estimate of drug-likeness (QED) is 0.0503. The summed E-state index contributed by atoms with van der Waals surface area (Å²) in [6, 6.07) is 6.43. The van der Waals surface area contributed by atoms with Gasteiger partial charge in [-0.25, -0.2) is 0 Å². The van der Waals surface area contributed by atoms with Crippen molar-refractivity contribution in [3.8, 4) is 0 Å². The summed E-state index contributed by atoms with van der Waals surface area (Å²) < 4.78 is 5.57. The predicted octanol–water partition coefficient (Wildman–Crippen LogP) is 15.2. The molecule has 0 spiro atoms. The number of hydrogen-bond donors (Lipinski definition) is 0. The molecule has 0 bridgehead atoms. The maximum absolute atomic E-state index is 5.57. The highest BCUT2D eigenvalue weighted by atomic mass is 28.3. The van der Waals surface area contributed by atoms with Gasteiger partial charge in [-0.3, -0.25) is 0 Å². The molecule has 0 atom stereocenters. The first kappa shape index (κ1) is 42.2. The highest BCUT2D eigenvalue weighted by Crippen LogP contribution is 2.34. The minimum Gasteiger partial charge on any atom is -0.385 e. The van der Waals surface area contributed by atoms with E-state index in [0.29, 0.717) is 0 Å². The molecular formula is C40H84OSi. The third-order valence-electron chi connectivity index (χ3n) is 10.2. The predicted molar refractivity (Wildman–Crippen MR) is 197 cm³/mol. The van der Waals surface area contributed by atoms with Crippen molar-refractivity contribution in [2.75, 3.05) is 13.7 Å². The van der Waals surface area contributed by atoms with E-state index >= 15 is 0 Å². The third kappa shape index (κ3) is 30.2. The van der Waals surface area contributed by atoms with Crippen molar-refractivity contribution in [1.29, 1.82) is 0 Å². The molecular weight excluding hydrogens is 525 g/mol. The lowest BCUT2D eigenvalue weighted by Crippen LogP contribution is -2.34. The van der Waals surface area contributed by atoms with Crippen LogP contribution >= 0.6 is 0 Å². The molecule has 0 saturated carbocycles. The van der Waals surface area contributed by atoms with Gasteiger partial charge in [0.25, 0.3) is 0 Å². The van der Waals surface area contributed by atoms with Crippen molar-refractivity contribution in [1.82, 2.24) is 0 Å². The highest BCUT2D eigenvalue weighted by Gasteiger charge is 2.30. The first-order valence-corrected chi connectivity index (χ1v) is 23.1.